The Bertz CT molecular complexity index is 1390. The minimum absolute atomic E-state index is 0.171. The first-order valence-corrected chi connectivity index (χ1v) is 31.1. The second-order valence-electron chi connectivity index (χ2n) is 21.5. The quantitative estimate of drug-likeness (QED) is 0.0261. The molecule has 0 radical (unpaired) electrons. The van der Waals surface area contributed by atoms with E-state index >= 15 is 0 Å². The molecular weight excluding hydrogens is 923 g/mol. The van der Waals surface area contributed by atoms with E-state index in [1.54, 1.807) is 0 Å². The molecule has 0 spiro atoms. The number of aliphatic hydroxyl groups is 5. The van der Waals surface area contributed by atoms with Crippen LogP contribution >= 0.6 is 0 Å². The molecular formula is C65H117NO8. The number of ether oxygens (including phenoxy) is 2. The van der Waals surface area contributed by atoms with E-state index in [2.05, 4.69) is 79.9 Å². The normalized spacial score (nSPS) is 19.5. The molecule has 1 fully saturated rings. The lowest BCUT2D eigenvalue weighted by Gasteiger charge is -2.40. The second-order valence-corrected chi connectivity index (χ2v) is 21.5. The summed E-state index contributed by atoms with van der Waals surface area (Å²) in [6, 6.07) is -0.765. The molecule has 1 aliphatic rings. The van der Waals surface area contributed by atoms with Crippen LogP contribution in [0.15, 0.2) is 72.9 Å². The standard InChI is InChI=1S/C65H117NO8/c1-3-5-7-9-11-13-15-17-19-21-23-24-25-26-27-28-29-30-31-32-33-34-35-37-38-40-42-44-46-48-50-52-54-59(68)58(57-73-65-64(72)63(71)62(70)60(56-67)74-65)66-61(69)55-53-51-49-47-45-43-41-39-36-22-20-18-16-14-12-10-8-6-4-2/h6,8,12,14,18,20,36,39,43,45,49,51,58-60,62-65,67-68,70-72H,3-5,7,9-11,13,15-17,19,21-35,37-38,40-42,44,46-48,50,52-57H2,1-2H3,(H,66,69)/b8-6-,14-12-,20-18-,39-36-,45-43-,51-49-. The van der Waals surface area contributed by atoms with E-state index < -0.39 is 49.5 Å². The Hall–Kier alpha value is -2.37. The molecule has 0 aliphatic carbocycles. The van der Waals surface area contributed by atoms with Gasteiger partial charge in [-0.2, -0.15) is 0 Å². The minimum Gasteiger partial charge on any atom is -0.394 e. The van der Waals surface area contributed by atoms with Crippen LogP contribution in [-0.4, -0.2) is 87.5 Å². The van der Waals surface area contributed by atoms with Crippen LogP contribution in [0.5, 0.6) is 0 Å². The maximum Gasteiger partial charge on any atom is 0.220 e. The van der Waals surface area contributed by atoms with Crippen molar-refractivity contribution in [1.29, 1.82) is 0 Å². The van der Waals surface area contributed by atoms with Gasteiger partial charge < -0.3 is 40.3 Å². The average Bonchev–Trinajstić information content (AvgIpc) is 3.40. The topological polar surface area (TPSA) is 149 Å². The third kappa shape index (κ3) is 42.7. The first kappa shape index (κ1) is 69.6. The highest BCUT2D eigenvalue weighted by molar-refractivity contribution is 5.76. The van der Waals surface area contributed by atoms with Gasteiger partial charge in [-0.25, -0.2) is 0 Å². The lowest BCUT2D eigenvalue weighted by atomic mass is 9.99. The van der Waals surface area contributed by atoms with Gasteiger partial charge in [0.15, 0.2) is 6.29 Å². The highest BCUT2D eigenvalue weighted by atomic mass is 16.7. The van der Waals surface area contributed by atoms with Crippen molar-refractivity contribution in [2.24, 2.45) is 0 Å². The fraction of sp³-hybridized carbons (Fsp3) is 0.800. The molecule has 0 aromatic carbocycles. The minimum atomic E-state index is -1.57. The van der Waals surface area contributed by atoms with Gasteiger partial charge in [-0.1, -0.05) is 292 Å². The molecule has 6 N–H and O–H groups in total. The van der Waals surface area contributed by atoms with Crippen LogP contribution in [0.2, 0.25) is 0 Å². The zero-order valence-corrected chi connectivity index (χ0v) is 47.8. The molecule has 9 heteroatoms. The fourth-order valence-corrected chi connectivity index (χ4v) is 9.72. The van der Waals surface area contributed by atoms with Crippen molar-refractivity contribution in [3.8, 4) is 0 Å². The number of carbonyl (C=O) groups excluding carboxylic acids is 1. The van der Waals surface area contributed by atoms with Crippen LogP contribution < -0.4 is 5.32 Å². The molecule has 0 aromatic rings. The van der Waals surface area contributed by atoms with E-state index in [4.69, 9.17) is 9.47 Å². The molecule has 1 rings (SSSR count). The lowest BCUT2D eigenvalue weighted by molar-refractivity contribution is -0.302. The van der Waals surface area contributed by atoms with Gasteiger partial charge in [-0.15, -0.1) is 0 Å². The summed E-state index contributed by atoms with van der Waals surface area (Å²) in [7, 11) is 0. The van der Waals surface area contributed by atoms with Crippen molar-refractivity contribution in [2.45, 2.75) is 320 Å². The number of nitrogens with one attached hydrogen (secondary N) is 1. The maximum absolute atomic E-state index is 13.0. The Balaban J connectivity index is 2.17. The van der Waals surface area contributed by atoms with Crippen molar-refractivity contribution in [1.82, 2.24) is 5.32 Å². The van der Waals surface area contributed by atoms with Gasteiger partial charge in [0.25, 0.3) is 0 Å². The monoisotopic (exact) mass is 1040 g/mol. The molecule has 74 heavy (non-hydrogen) atoms. The number of amides is 1. The smallest absolute Gasteiger partial charge is 0.220 e. The Morgan fingerprint density at radius 3 is 1.16 bits per heavy atom. The Kier molecular flexibility index (Phi) is 50.8. The van der Waals surface area contributed by atoms with Crippen LogP contribution in [-0.2, 0) is 14.3 Å². The highest BCUT2D eigenvalue weighted by Gasteiger charge is 2.44. The summed E-state index contributed by atoms with van der Waals surface area (Å²) in [5.41, 5.74) is 0. The Morgan fingerprint density at radius 2 is 0.811 bits per heavy atom. The van der Waals surface area contributed by atoms with Crippen LogP contribution in [0.3, 0.4) is 0 Å². The van der Waals surface area contributed by atoms with Gasteiger partial charge in [0, 0.05) is 6.42 Å². The van der Waals surface area contributed by atoms with Crippen molar-refractivity contribution in [3.05, 3.63) is 72.9 Å². The second kappa shape index (κ2) is 54.0. The first-order chi connectivity index (χ1) is 36.3. The van der Waals surface area contributed by atoms with E-state index in [1.807, 2.05) is 12.2 Å². The third-order valence-electron chi connectivity index (χ3n) is 14.6. The van der Waals surface area contributed by atoms with Gasteiger partial charge in [0.1, 0.15) is 24.4 Å². The molecule has 0 saturated carbocycles. The highest BCUT2D eigenvalue weighted by Crippen LogP contribution is 2.23. The van der Waals surface area contributed by atoms with Gasteiger partial charge in [0.2, 0.25) is 5.91 Å². The number of carbonyl (C=O) groups is 1. The summed E-state index contributed by atoms with van der Waals surface area (Å²) >= 11 is 0. The number of unbranched alkanes of at least 4 members (excludes halogenated alkanes) is 31. The van der Waals surface area contributed by atoms with Crippen LogP contribution in [0.1, 0.15) is 277 Å². The summed E-state index contributed by atoms with van der Waals surface area (Å²) in [5, 5.41) is 54.7. The Morgan fingerprint density at radius 1 is 0.473 bits per heavy atom. The molecule has 7 unspecified atom stereocenters. The molecule has 0 aromatic heterocycles. The van der Waals surface area contributed by atoms with Gasteiger partial charge in [-0.3, -0.25) is 4.79 Å². The van der Waals surface area contributed by atoms with E-state index in [0.29, 0.717) is 12.8 Å². The number of hydrogen-bond donors (Lipinski definition) is 6. The largest absolute Gasteiger partial charge is 0.394 e. The van der Waals surface area contributed by atoms with Crippen molar-refractivity contribution in [3.63, 3.8) is 0 Å². The molecule has 430 valence electrons. The van der Waals surface area contributed by atoms with Crippen LogP contribution in [0.4, 0.5) is 0 Å². The number of allylic oxidation sites excluding steroid dienone is 12. The predicted octanol–water partition coefficient (Wildman–Crippen LogP) is 16.0. The fourth-order valence-electron chi connectivity index (χ4n) is 9.72. The summed E-state index contributed by atoms with van der Waals surface area (Å²) in [4.78, 5) is 13.0. The summed E-state index contributed by atoms with van der Waals surface area (Å²) in [5.74, 6) is -0.225. The SMILES string of the molecule is CC/C=C\C/C=C\C/C=C\C/C=C\C/C=C\C/C=C\CCC(=O)NC(COC1OC(CO)C(O)C(O)C1O)C(O)CCCCCCCCCCCCCCCCCCCCCCCCCCCCCCCCCC. The molecule has 7 atom stereocenters. The van der Waals surface area contributed by atoms with Gasteiger partial charge in [0.05, 0.1) is 25.4 Å². The molecule has 1 amide bonds. The zero-order chi connectivity index (χ0) is 53.6. The molecule has 0 bridgehead atoms. The molecule has 1 aliphatic heterocycles. The van der Waals surface area contributed by atoms with Gasteiger partial charge >= 0.3 is 0 Å². The third-order valence-corrected chi connectivity index (χ3v) is 14.6. The zero-order valence-electron chi connectivity index (χ0n) is 47.8. The molecule has 9 nitrogen and oxygen atoms in total. The number of aliphatic hydroxyl groups excluding tert-OH is 5. The van der Waals surface area contributed by atoms with Crippen molar-refractivity contribution < 1.29 is 39.8 Å². The van der Waals surface area contributed by atoms with E-state index in [0.717, 1.165) is 57.8 Å². The first-order valence-electron chi connectivity index (χ1n) is 31.1. The average molecular weight is 1040 g/mol. The van der Waals surface area contributed by atoms with Crippen LogP contribution in [0.25, 0.3) is 0 Å². The molecule has 1 saturated heterocycles. The Labute approximate surface area is 455 Å². The predicted molar refractivity (Wildman–Crippen MR) is 313 cm³/mol. The number of rotatable bonds is 53. The van der Waals surface area contributed by atoms with Crippen molar-refractivity contribution >= 4 is 5.91 Å². The molecule has 1 heterocycles. The summed E-state index contributed by atoms with van der Waals surface area (Å²) in [6.07, 6.45) is 68.3. The van der Waals surface area contributed by atoms with Crippen molar-refractivity contribution in [2.75, 3.05) is 13.2 Å². The summed E-state index contributed by atoms with van der Waals surface area (Å²) in [6.45, 7) is 3.70. The van der Waals surface area contributed by atoms with Crippen LogP contribution in [0, 0.1) is 0 Å². The maximum atomic E-state index is 13.0. The van der Waals surface area contributed by atoms with Gasteiger partial charge in [-0.05, 0) is 51.4 Å². The summed E-state index contributed by atoms with van der Waals surface area (Å²) < 4.78 is 11.3. The number of hydrogen-bond acceptors (Lipinski definition) is 8. The van der Waals surface area contributed by atoms with E-state index in [-0.39, 0.29) is 18.9 Å². The van der Waals surface area contributed by atoms with E-state index in [9.17, 15) is 30.3 Å². The lowest BCUT2D eigenvalue weighted by Crippen LogP contribution is -2.60. The van der Waals surface area contributed by atoms with E-state index in [1.165, 1.54) is 186 Å².